The molecule has 0 amide bonds. The summed E-state index contributed by atoms with van der Waals surface area (Å²) < 4.78 is 0. The van der Waals surface area contributed by atoms with E-state index in [0.29, 0.717) is 26.9 Å². The van der Waals surface area contributed by atoms with Crippen molar-refractivity contribution >= 4 is 17.7 Å². The van der Waals surface area contributed by atoms with Gasteiger partial charge in [0.05, 0.1) is 17.3 Å². The summed E-state index contributed by atoms with van der Waals surface area (Å²) in [5.74, 6) is -1.06. The smallest absolute Gasteiger partial charge is 0.338 e. The standard InChI is InChI=1S/C13H10N4O2S/c1-7-5-8(2)16-12(10(7)13(18)19)20-11-9(6-14)3-4-15-17-11/h3-5H,1-2H3,(H,18,19). The zero-order chi connectivity index (χ0) is 14.7. The summed E-state index contributed by atoms with van der Waals surface area (Å²) in [4.78, 5) is 15.6. The molecular weight excluding hydrogens is 276 g/mol. The quantitative estimate of drug-likeness (QED) is 0.923. The van der Waals surface area contributed by atoms with Gasteiger partial charge in [0.15, 0.2) is 0 Å². The molecule has 0 fully saturated rings. The summed E-state index contributed by atoms with van der Waals surface area (Å²) in [5, 5.41) is 26.5. The van der Waals surface area contributed by atoms with Crippen LogP contribution in [0.4, 0.5) is 0 Å². The van der Waals surface area contributed by atoms with Crippen molar-refractivity contribution in [2.75, 3.05) is 0 Å². The fourth-order valence-electron chi connectivity index (χ4n) is 1.71. The minimum atomic E-state index is -1.06. The number of hydrogen-bond acceptors (Lipinski definition) is 6. The Bertz CT molecular complexity index is 725. The number of hydrogen-bond donors (Lipinski definition) is 1. The second-order valence-corrected chi connectivity index (χ2v) is 5.01. The highest BCUT2D eigenvalue weighted by molar-refractivity contribution is 7.99. The van der Waals surface area contributed by atoms with Crippen LogP contribution in [0.2, 0.25) is 0 Å². The van der Waals surface area contributed by atoms with Gasteiger partial charge in [-0.2, -0.15) is 10.4 Å². The molecule has 1 N–H and O–H groups in total. The van der Waals surface area contributed by atoms with E-state index in [1.54, 1.807) is 19.9 Å². The van der Waals surface area contributed by atoms with Crippen LogP contribution in [0, 0.1) is 25.2 Å². The van der Waals surface area contributed by atoms with Gasteiger partial charge in [-0.15, -0.1) is 5.10 Å². The van der Waals surface area contributed by atoms with Crippen LogP contribution in [-0.2, 0) is 0 Å². The van der Waals surface area contributed by atoms with Crippen LogP contribution in [0.5, 0.6) is 0 Å². The molecule has 0 unspecified atom stereocenters. The van der Waals surface area contributed by atoms with Crippen molar-refractivity contribution < 1.29 is 9.90 Å². The average molecular weight is 286 g/mol. The van der Waals surface area contributed by atoms with Gasteiger partial charge in [0.2, 0.25) is 0 Å². The highest BCUT2D eigenvalue weighted by atomic mass is 32.2. The Morgan fingerprint density at radius 2 is 2.15 bits per heavy atom. The number of pyridine rings is 1. The van der Waals surface area contributed by atoms with Gasteiger partial charge in [0.1, 0.15) is 16.1 Å². The van der Waals surface area contributed by atoms with Gasteiger partial charge >= 0.3 is 5.97 Å². The predicted molar refractivity (Wildman–Crippen MR) is 71.5 cm³/mol. The van der Waals surface area contributed by atoms with Crippen LogP contribution >= 0.6 is 11.8 Å². The molecule has 0 saturated carbocycles. The molecule has 0 spiro atoms. The third-order valence-electron chi connectivity index (χ3n) is 2.53. The summed E-state index contributed by atoms with van der Waals surface area (Å²) >= 11 is 1.03. The number of carbonyl (C=O) groups is 1. The minimum absolute atomic E-state index is 0.121. The second-order valence-electron chi connectivity index (χ2n) is 4.03. The van der Waals surface area contributed by atoms with Gasteiger partial charge in [0.25, 0.3) is 0 Å². The summed E-state index contributed by atoms with van der Waals surface area (Å²) in [6.07, 6.45) is 1.41. The van der Waals surface area contributed by atoms with Crippen molar-refractivity contribution in [2.24, 2.45) is 0 Å². The van der Waals surface area contributed by atoms with Crippen LogP contribution in [0.15, 0.2) is 28.4 Å². The first-order chi connectivity index (χ1) is 9.52. The Morgan fingerprint density at radius 3 is 2.80 bits per heavy atom. The van der Waals surface area contributed by atoms with Crippen molar-refractivity contribution in [1.82, 2.24) is 15.2 Å². The summed E-state index contributed by atoms with van der Waals surface area (Å²) in [5.41, 5.74) is 1.78. The maximum Gasteiger partial charge on any atom is 0.338 e. The number of carboxylic acids is 1. The predicted octanol–water partition coefficient (Wildman–Crippen LogP) is 2.21. The van der Waals surface area contributed by atoms with Gasteiger partial charge in [-0.3, -0.25) is 0 Å². The molecule has 2 rings (SSSR count). The maximum atomic E-state index is 11.3. The largest absolute Gasteiger partial charge is 0.478 e. The first-order valence-electron chi connectivity index (χ1n) is 5.64. The Labute approximate surface area is 119 Å². The van der Waals surface area contributed by atoms with Crippen LogP contribution in [0.25, 0.3) is 0 Å². The molecule has 2 aromatic heterocycles. The first-order valence-corrected chi connectivity index (χ1v) is 6.45. The van der Waals surface area contributed by atoms with E-state index in [9.17, 15) is 9.90 Å². The van der Waals surface area contributed by atoms with Crippen molar-refractivity contribution in [2.45, 2.75) is 23.9 Å². The number of rotatable bonds is 3. The topological polar surface area (TPSA) is 99.8 Å². The average Bonchev–Trinajstić information content (AvgIpc) is 2.38. The van der Waals surface area contributed by atoms with E-state index in [1.165, 1.54) is 12.3 Å². The van der Waals surface area contributed by atoms with Gasteiger partial charge in [0, 0.05) is 5.69 Å². The van der Waals surface area contributed by atoms with Crippen molar-refractivity contribution in [3.63, 3.8) is 0 Å². The molecule has 0 aliphatic carbocycles. The molecule has 6 nitrogen and oxygen atoms in total. The van der Waals surface area contributed by atoms with E-state index < -0.39 is 5.97 Å². The SMILES string of the molecule is Cc1cc(C)c(C(=O)O)c(Sc2nnccc2C#N)n1. The van der Waals surface area contributed by atoms with Crippen molar-refractivity contribution in [3.05, 3.63) is 40.7 Å². The highest BCUT2D eigenvalue weighted by Crippen LogP contribution is 2.31. The molecule has 20 heavy (non-hydrogen) atoms. The summed E-state index contributed by atoms with van der Waals surface area (Å²) in [7, 11) is 0. The normalized spacial score (nSPS) is 10.1. The molecule has 0 atom stereocenters. The number of aromatic nitrogens is 3. The first kappa shape index (κ1) is 14.0. The zero-order valence-electron chi connectivity index (χ0n) is 10.8. The van der Waals surface area contributed by atoms with Gasteiger partial charge in [-0.1, -0.05) is 0 Å². The zero-order valence-corrected chi connectivity index (χ0v) is 11.6. The summed E-state index contributed by atoms with van der Waals surface area (Å²) in [6.45, 7) is 3.49. The Morgan fingerprint density at radius 1 is 1.40 bits per heavy atom. The Hall–Kier alpha value is -2.46. The third-order valence-corrected chi connectivity index (χ3v) is 3.51. The Balaban J connectivity index is 2.54. The van der Waals surface area contributed by atoms with Gasteiger partial charge in [-0.25, -0.2) is 9.78 Å². The summed E-state index contributed by atoms with van der Waals surface area (Å²) in [6, 6.07) is 5.23. The molecular formula is C13H10N4O2S. The molecule has 0 saturated heterocycles. The van der Waals surface area contributed by atoms with Crippen LogP contribution < -0.4 is 0 Å². The Kier molecular flexibility index (Phi) is 3.96. The van der Waals surface area contributed by atoms with E-state index in [1.807, 2.05) is 6.07 Å². The van der Waals surface area contributed by atoms with Crippen LogP contribution in [0.1, 0.15) is 27.2 Å². The highest BCUT2D eigenvalue weighted by Gasteiger charge is 2.18. The van der Waals surface area contributed by atoms with Gasteiger partial charge in [-0.05, 0) is 43.3 Å². The van der Waals surface area contributed by atoms with Crippen LogP contribution in [-0.4, -0.2) is 26.3 Å². The van der Waals surface area contributed by atoms with Crippen LogP contribution in [0.3, 0.4) is 0 Å². The lowest BCUT2D eigenvalue weighted by atomic mass is 10.1. The second kappa shape index (κ2) is 5.67. The number of nitriles is 1. The molecule has 0 aliphatic rings. The van der Waals surface area contributed by atoms with E-state index in [-0.39, 0.29) is 5.56 Å². The molecule has 0 bridgehead atoms. The number of aromatic carboxylic acids is 1. The fraction of sp³-hybridized carbons (Fsp3) is 0.154. The molecule has 0 radical (unpaired) electrons. The van der Waals surface area contributed by atoms with E-state index >= 15 is 0 Å². The minimum Gasteiger partial charge on any atom is -0.478 e. The van der Waals surface area contributed by atoms with Crippen molar-refractivity contribution in [3.8, 4) is 6.07 Å². The molecule has 7 heteroatoms. The molecule has 0 aromatic carbocycles. The fourth-order valence-corrected chi connectivity index (χ4v) is 2.74. The monoisotopic (exact) mass is 286 g/mol. The molecule has 100 valence electrons. The van der Waals surface area contributed by atoms with Gasteiger partial charge < -0.3 is 5.11 Å². The van der Waals surface area contributed by atoms with E-state index in [2.05, 4.69) is 15.2 Å². The third kappa shape index (κ3) is 2.75. The number of nitrogens with zero attached hydrogens (tertiary/aromatic N) is 4. The van der Waals surface area contributed by atoms with E-state index in [4.69, 9.17) is 5.26 Å². The maximum absolute atomic E-state index is 11.3. The van der Waals surface area contributed by atoms with Crippen molar-refractivity contribution in [1.29, 1.82) is 5.26 Å². The molecule has 0 aliphatic heterocycles. The number of aryl methyl sites for hydroxylation is 2. The molecule has 2 aromatic rings. The lowest BCUT2D eigenvalue weighted by Crippen LogP contribution is -2.05. The lowest BCUT2D eigenvalue weighted by molar-refractivity contribution is 0.0691. The van der Waals surface area contributed by atoms with E-state index in [0.717, 1.165) is 11.8 Å². The number of carboxylic acid groups (broad SMARTS) is 1. The lowest BCUT2D eigenvalue weighted by Gasteiger charge is -2.09. The molecule has 2 heterocycles.